The van der Waals surface area contributed by atoms with Crippen molar-refractivity contribution in [2.24, 2.45) is 0 Å². The molecule has 0 aliphatic rings. The number of hydrogen-bond acceptors (Lipinski definition) is 7. The van der Waals surface area contributed by atoms with E-state index >= 15 is 0 Å². The minimum absolute atomic E-state index is 0.0149. The third kappa shape index (κ3) is 39.7. The van der Waals surface area contributed by atoms with Crippen molar-refractivity contribution < 1.29 is 38.2 Å². The van der Waals surface area contributed by atoms with Gasteiger partial charge in [0.25, 0.3) is 0 Å². The summed E-state index contributed by atoms with van der Waals surface area (Å²) in [4.78, 5) is 36.9. The molecule has 0 aromatic heterocycles. The van der Waals surface area contributed by atoms with Crippen LogP contribution in [0.2, 0.25) is 0 Å². The SMILES string of the molecule is CC/C=C/C=C/C=C/C=C/C=C/C=C/CCCCCC(=O)OC(COCCC(C(=O)[O-])[N+](C)(C)C)COC(=O)CCCCCCC/C=C/CCCCCCCCCCC. The minimum atomic E-state index is -1.14. The average Bonchev–Trinajstić information content (AvgIpc) is 3.19. The first-order chi connectivity index (χ1) is 28.6. The highest BCUT2D eigenvalue weighted by Gasteiger charge is 2.25. The van der Waals surface area contributed by atoms with Gasteiger partial charge in [-0.1, -0.05) is 176 Å². The van der Waals surface area contributed by atoms with Crippen molar-refractivity contribution in [1.29, 1.82) is 0 Å². The first-order valence-corrected chi connectivity index (χ1v) is 23.2. The lowest BCUT2D eigenvalue weighted by Crippen LogP contribution is -2.55. The van der Waals surface area contributed by atoms with Crippen molar-refractivity contribution in [1.82, 2.24) is 0 Å². The van der Waals surface area contributed by atoms with E-state index in [9.17, 15) is 19.5 Å². The molecule has 0 N–H and O–H groups in total. The Hall–Kier alpha value is -3.49. The Balaban J connectivity index is 4.43. The molecule has 2 atom stereocenters. The van der Waals surface area contributed by atoms with Crippen LogP contribution >= 0.6 is 0 Å². The number of allylic oxidation sites excluding steroid dienone is 14. The van der Waals surface area contributed by atoms with E-state index in [0.717, 1.165) is 57.8 Å². The van der Waals surface area contributed by atoms with E-state index in [4.69, 9.17) is 14.2 Å². The Morgan fingerprint density at radius 3 is 1.47 bits per heavy atom. The number of carboxylic acids is 1. The predicted octanol–water partition coefficient (Wildman–Crippen LogP) is 11.6. The second-order valence-corrected chi connectivity index (χ2v) is 16.4. The average molecular weight is 824 g/mol. The zero-order valence-corrected chi connectivity index (χ0v) is 38.1. The van der Waals surface area contributed by atoms with E-state index in [2.05, 4.69) is 38.2 Å². The summed E-state index contributed by atoms with van der Waals surface area (Å²) in [6.07, 6.45) is 53.2. The molecular weight excluding hydrogens is 739 g/mol. The molecule has 0 heterocycles. The van der Waals surface area contributed by atoms with Crippen molar-refractivity contribution in [2.45, 2.75) is 180 Å². The van der Waals surface area contributed by atoms with E-state index in [-0.39, 0.29) is 49.1 Å². The number of rotatable bonds is 40. The quantitative estimate of drug-likeness (QED) is 0.0199. The monoisotopic (exact) mass is 824 g/mol. The van der Waals surface area contributed by atoms with Crippen LogP contribution in [0, 0.1) is 0 Å². The predicted molar refractivity (Wildman–Crippen MR) is 245 cm³/mol. The molecule has 0 fully saturated rings. The number of nitrogens with zero attached hydrogens (tertiary/aromatic N) is 1. The number of ether oxygens (including phenoxy) is 3. The minimum Gasteiger partial charge on any atom is -0.544 e. The summed E-state index contributed by atoms with van der Waals surface area (Å²) in [6.45, 7) is 4.45. The largest absolute Gasteiger partial charge is 0.544 e. The number of quaternary nitrogens is 1. The number of carboxylic acid groups (broad SMARTS) is 1. The number of carbonyl (C=O) groups excluding carboxylic acids is 3. The molecule has 2 unspecified atom stereocenters. The van der Waals surface area contributed by atoms with Crippen molar-refractivity contribution >= 4 is 17.9 Å². The number of aliphatic carboxylic acids is 1. The van der Waals surface area contributed by atoms with E-state index in [0.29, 0.717) is 12.8 Å². The maximum Gasteiger partial charge on any atom is 0.306 e. The Bertz CT molecular complexity index is 1240. The fourth-order valence-corrected chi connectivity index (χ4v) is 6.33. The van der Waals surface area contributed by atoms with Crippen LogP contribution in [-0.2, 0) is 28.6 Å². The molecule has 0 saturated heterocycles. The second kappa shape index (κ2) is 41.3. The molecule has 0 aliphatic heterocycles. The summed E-state index contributed by atoms with van der Waals surface area (Å²) in [5, 5.41) is 11.6. The molecule has 0 bridgehead atoms. The lowest BCUT2D eigenvalue weighted by Gasteiger charge is -2.34. The normalized spacial score (nSPS) is 13.7. The van der Waals surface area contributed by atoms with Gasteiger partial charge in [-0.15, -0.1) is 0 Å². The van der Waals surface area contributed by atoms with Crippen LogP contribution in [0.25, 0.3) is 0 Å². The van der Waals surface area contributed by atoms with Gasteiger partial charge in [0.2, 0.25) is 0 Å². The van der Waals surface area contributed by atoms with E-state index in [1.54, 1.807) is 21.1 Å². The van der Waals surface area contributed by atoms with Gasteiger partial charge in [0.1, 0.15) is 12.6 Å². The summed E-state index contributed by atoms with van der Waals surface area (Å²) in [7, 11) is 5.38. The molecule has 0 saturated carbocycles. The molecule has 8 nitrogen and oxygen atoms in total. The van der Waals surface area contributed by atoms with E-state index < -0.39 is 18.1 Å². The first-order valence-electron chi connectivity index (χ1n) is 23.2. The maximum atomic E-state index is 12.7. The molecule has 0 rings (SSSR count). The summed E-state index contributed by atoms with van der Waals surface area (Å²) < 4.78 is 17.1. The molecule has 0 spiro atoms. The Morgan fingerprint density at radius 1 is 0.525 bits per heavy atom. The highest BCUT2D eigenvalue weighted by molar-refractivity contribution is 5.70. The van der Waals surface area contributed by atoms with Gasteiger partial charge >= 0.3 is 11.9 Å². The number of likely N-dealkylation sites (N-methyl/N-ethyl adjacent to an activating group) is 1. The van der Waals surface area contributed by atoms with Gasteiger partial charge in [-0.2, -0.15) is 0 Å². The van der Waals surface area contributed by atoms with Gasteiger partial charge < -0.3 is 28.6 Å². The molecule has 8 heteroatoms. The third-order valence-electron chi connectivity index (χ3n) is 9.93. The van der Waals surface area contributed by atoms with E-state index in [1.165, 1.54) is 70.6 Å². The van der Waals surface area contributed by atoms with Crippen LogP contribution < -0.4 is 5.11 Å². The van der Waals surface area contributed by atoms with Crippen molar-refractivity contribution in [3.63, 3.8) is 0 Å². The Labute approximate surface area is 361 Å². The summed E-state index contributed by atoms with van der Waals surface area (Å²) in [5.41, 5.74) is 0. The fraction of sp³-hybridized carbons (Fsp3) is 0.667. The molecule has 0 aromatic carbocycles. The van der Waals surface area contributed by atoms with Gasteiger partial charge in [-0.3, -0.25) is 9.59 Å². The lowest BCUT2D eigenvalue weighted by molar-refractivity contribution is -0.889. The topological polar surface area (TPSA) is 102 Å². The third-order valence-corrected chi connectivity index (χ3v) is 9.93. The summed E-state index contributed by atoms with van der Waals surface area (Å²) in [6, 6.07) is -0.740. The van der Waals surface area contributed by atoms with Crippen molar-refractivity contribution in [3.8, 4) is 0 Å². The number of unbranched alkanes of at least 4 members (excludes halogenated alkanes) is 17. The van der Waals surface area contributed by atoms with Crippen LogP contribution in [0.1, 0.15) is 168 Å². The highest BCUT2D eigenvalue weighted by Crippen LogP contribution is 2.13. The van der Waals surface area contributed by atoms with Crippen LogP contribution in [0.3, 0.4) is 0 Å². The number of hydrogen-bond donors (Lipinski definition) is 0. The molecule has 0 radical (unpaired) electrons. The lowest BCUT2D eigenvalue weighted by atomic mass is 10.1. The van der Waals surface area contributed by atoms with Gasteiger partial charge in [0, 0.05) is 19.3 Å². The van der Waals surface area contributed by atoms with Crippen LogP contribution in [0.5, 0.6) is 0 Å². The number of carbonyl (C=O) groups is 3. The summed E-state index contributed by atoms with van der Waals surface area (Å²) in [5.74, 6) is -1.81. The number of esters is 2. The van der Waals surface area contributed by atoms with Crippen LogP contribution in [-0.4, -0.2) is 75.5 Å². The molecule has 0 amide bonds. The van der Waals surface area contributed by atoms with Gasteiger partial charge in [0.15, 0.2) is 6.10 Å². The molecule has 0 aromatic rings. The van der Waals surface area contributed by atoms with Crippen molar-refractivity contribution in [3.05, 3.63) is 85.1 Å². The maximum absolute atomic E-state index is 12.7. The van der Waals surface area contributed by atoms with Gasteiger partial charge in [0.05, 0.1) is 40.3 Å². The molecule has 336 valence electrons. The molecular formula is C51H85NO7. The fourth-order valence-electron chi connectivity index (χ4n) is 6.33. The standard InChI is InChI=1S/C51H85NO7/c1-6-8-10-12-14-16-18-20-22-24-26-27-29-31-33-35-37-39-41-49(53)58-46-47(45-57-44-43-48(51(55)56)52(3,4)5)59-50(54)42-40-38-36-34-32-30-28-25-23-21-19-17-15-13-11-9-7-2/h9,11,13,15,17,19,21,23,25-28,30,32,47-48H,6-8,10,12,14,16,18,20,22,24,29,31,33-46H2,1-5H3/b11-9+,15-13+,19-17+,23-21+,27-26+,28-25+,32-30+. The smallest absolute Gasteiger partial charge is 0.306 e. The molecule has 59 heavy (non-hydrogen) atoms. The first kappa shape index (κ1) is 55.5. The van der Waals surface area contributed by atoms with E-state index in [1.807, 2.05) is 60.8 Å². The van der Waals surface area contributed by atoms with Gasteiger partial charge in [-0.25, -0.2) is 0 Å². The second-order valence-electron chi connectivity index (χ2n) is 16.4. The zero-order chi connectivity index (χ0) is 43.5. The highest BCUT2D eigenvalue weighted by atomic mass is 16.6. The Morgan fingerprint density at radius 2 is 0.966 bits per heavy atom. The zero-order valence-electron chi connectivity index (χ0n) is 38.1. The Kier molecular flexibility index (Phi) is 38.8. The van der Waals surface area contributed by atoms with Gasteiger partial charge in [-0.05, 0) is 57.8 Å². The van der Waals surface area contributed by atoms with Crippen molar-refractivity contribution in [2.75, 3.05) is 41.0 Å². The molecule has 0 aliphatic carbocycles. The van der Waals surface area contributed by atoms with Crippen LogP contribution in [0.15, 0.2) is 85.1 Å². The van der Waals surface area contributed by atoms with Crippen LogP contribution in [0.4, 0.5) is 0 Å². The summed E-state index contributed by atoms with van der Waals surface area (Å²) >= 11 is 0.